The van der Waals surface area contributed by atoms with Crippen LogP contribution in [0.15, 0.2) is 99.1 Å². The van der Waals surface area contributed by atoms with Gasteiger partial charge in [0.15, 0.2) is 5.13 Å². The molecule has 0 fully saturated rings. The SMILES string of the molecule is O=C(Nc1ncc(S(=O)(=O)c2ccc([N+](=O)[O-])cc2)s1)c1ccc(NS(=O)(=O)c2ccccc2)cc1. The predicted octanol–water partition coefficient (Wildman–Crippen LogP) is 3.94. The molecule has 184 valence electrons. The maximum Gasteiger partial charge on any atom is 0.269 e. The second-order valence-electron chi connectivity index (χ2n) is 7.19. The van der Waals surface area contributed by atoms with Crippen molar-refractivity contribution < 1.29 is 26.6 Å². The zero-order chi connectivity index (χ0) is 25.9. The zero-order valence-electron chi connectivity index (χ0n) is 18.1. The summed E-state index contributed by atoms with van der Waals surface area (Å²) >= 11 is 0.720. The number of hydrogen-bond acceptors (Lipinski definition) is 9. The van der Waals surface area contributed by atoms with Gasteiger partial charge in [-0.1, -0.05) is 29.5 Å². The molecular weight excluding hydrogens is 528 g/mol. The van der Waals surface area contributed by atoms with Crippen LogP contribution in [-0.4, -0.2) is 32.7 Å². The Morgan fingerprint density at radius 2 is 1.50 bits per heavy atom. The fourth-order valence-electron chi connectivity index (χ4n) is 2.98. The van der Waals surface area contributed by atoms with Crippen molar-refractivity contribution >= 4 is 53.6 Å². The lowest BCUT2D eigenvalue weighted by atomic mass is 10.2. The Hall–Kier alpha value is -4.14. The van der Waals surface area contributed by atoms with Crippen molar-refractivity contribution in [1.82, 2.24) is 4.98 Å². The number of nitrogens with zero attached hydrogens (tertiary/aromatic N) is 2. The first kappa shape index (κ1) is 25.0. The summed E-state index contributed by atoms with van der Waals surface area (Å²) in [6.45, 7) is 0. The van der Waals surface area contributed by atoms with Gasteiger partial charge in [-0.05, 0) is 48.5 Å². The van der Waals surface area contributed by atoms with Crippen LogP contribution >= 0.6 is 11.3 Å². The molecule has 3 aromatic carbocycles. The van der Waals surface area contributed by atoms with E-state index in [0.29, 0.717) is 0 Å². The molecule has 0 bridgehead atoms. The number of non-ortho nitro benzene ring substituents is 1. The standard InChI is InChI=1S/C22H16N4O7S3/c27-21(15-6-8-16(9-7-15)25-36(32,33)19-4-2-1-3-5-19)24-22-23-14-20(34-22)35(30,31)18-12-10-17(11-13-18)26(28)29/h1-14,25H,(H,23,24,27). The lowest BCUT2D eigenvalue weighted by Gasteiger charge is -2.08. The molecule has 1 amide bonds. The fraction of sp³-hybridized carbons (Fsp3) is 0. The Morgan fingerprint density at radius 1 is 0.861 bits per heavy atom. The molecule has 11 nitrogen and oxygen atoms in total. The third kappa shape index (κ3) is 5.40. The second-order valence-corrected chi connectivity index (χ2v) is 12.1. The third-order valence-electron chi connectivity index (χ3n) is 4.78. The number of carbonyl (C=O) groups excluding carboxylic acids is 1. The van der Waals surface area contributed by atoms with Crippen molar-refractivity contribution in [2.75, 3.05) is 10.0 Å². The first-order valence-electron chi connectivity index (χ1n) is 10.0. The van der Waals surface area contributed by atoms with Crippen LogP contribution in [0.4, 0.5) is 16.5 Å². The van der Waals surface area contributed by atoms with E-state index >= 15 is 0 Å². The van der Waals surface area contributed by atoms with Crippen LogP contribution < -0.4 is 10.0 Å². The summed E-state index contributed by atoms with van der Waals surface area (Å²) in [6.07, 6.45) is 1.08. The monoisotopic (exact) mass is 544 g/mol. The number of sulfonamides is 1. The number of nitro benzene ring substituents is 1. The smallest absolute Gasteiger partial charge is 0.269 e. The van der Waals surface area contributed by atoms with Crippen molar-refractivity contribution in [2.24, 2.45) is 0 Å². The number of sulfone groups is 1. The zero-order valence-corrected chi connectivity index (χ0v) is 20.5. The maximum atomic E-state index is 12.8. The molecule has 0 atom stereocenters. The van der Waals surface area contributed by atoms with Gasteiger partial charge in [0, 0.05) is 23.4 Å². The van der Waals surface area contributed by atoms with Crippen LogP contribution in [0.5, 0.6) is 0 Å². The highest BCUT2D eigenvalue weighted by atomic mass is 32.2. The van der Waals surface area contributed by atoms with Gasteiger partial charge in [-0.25, -0.2) is 21.8 Å². The van der Waals surface area contributed by atoms with Gasteiger partial charge >= 0.3 is 0 Å². The number of anilines is 2. The van der Waals surface area contributed by atoms with E-state index < -0.39 is 30.7 Å². The highest BCUT2D eigenvalue weighted by molar-refractivity contribution is 7.93. The van der Waals surface area contributed by atoms with Crippen molar-refractivity contribution in [1.29, 1.82) is 0 Å². The summed E-state index contributed by atoms with van der Waals surface area (Å²) in [5.41, 5.74) is 0.193. The second kappa shape index (κ2) is 9.85. The van der Waals surface area contributed by atoms with Gasteiger partial charge in [-0.3, -0.25) is 24.9 Å². The van der Waals surface area contributed by atoms with Crippen LogP contribution in [0.1, 0.15) is 10.4 Å². The molecule has 4 aromatic rings. The Kier molecular flexibility index (Phi) is 6.83. The number of aromatic nitrogens is 1. The Morgan fingerprint density at radius 3 is 2.11 bits per heavy atom. The Bertz CT molecular complexity index is 1630. The summed E-state index contributed by atoms with van der Waals surface area (Å²) in [5, 5.41) is 13.3. The van der Waals surface area contributed by atoms with E-state index in [1.54, 1.807) is 18.2 Å². The first-order valence-corrected chi connectivity index (χ1v) is 13.8. The summed E-state index contributed by atoms with van der Waals surface area (Å²) in [7, 11) is -7.77. The minimum Gasteiger partial charge on any atom is -0.298 e. The molecule has 14 heteroatoms. The number of nitrogens with one attached hydrogen (secondary N) is 2. The van der Waals surface area contributed by atoms with E-state index in [0.717, 1.165) is 41.8 Å². The molecule has 0 saturated carbocycles. The van der Waals surface area contributed by atoms with Crippen molar-refractivity contribution in [2.45, 2.75) is 14.0 Å². The van der Waals surface area contributed by atoms with Crippen LogP contribution in [0.25, 0.3) is 0 Å². The van der Waals surface area contributed by atoms with E-state index in [4.69, 9.17) is 0 Å². The number of amides is 1. The van der Waals surface area contributed by atoms with Gasteiger partial charge in [0.25, 0.3) is 21.6 Å². The molecule has 0 aliphatic carbocycles. The van der Waals surface area contributed by atoms with Gasteiger partial charge in [0.05, 0.1) is 20.9 Å². The molecule has 0 aliphatic heterocycles. The number of rotatable bonds is 8. The molecule has 0 saturated heterocycles. The quantitative estimate of drug-likeness (QED) is 0.249. The van der Waals surface area contributed by atoms with Gasteiger partial charge in [-0.2, -0.15) is 0 Å². The molecule has 0 aliphatic rings. The Balaban J connectivity index is 1.44. The molecule has 1 aromatic heterocycles. The van der Waals surface area contributed by atoms with E-state index in [9.17, 15) is 31.7 Å². The lowest BCUT2D eigenvalue weighted by Crippen LogP contribution is -2.14. The van der Waals surface area contributed by atoms with Crippen LogP contribution in [-0.2, 0) is 19.9 Å². The van der Waals surface area contributed by atoms with Crippen LogP contribution in [0.3, 0.4) is 0 Å². The van der Waals surface area contributed by atoms with Gasteiger partial charge in [0.1, 0.15) is 4.21 Å². The summed E-state index contributed by atoms with van der Waals surface area (Å²) in [5.74, 6) is -0.582. The highest BCUT2D eigenvalue weighted by Gasteiger charge is 2.23. The molecular formula is C22H16N4O7S3. The number of benzene rings is 3. The Labute approximate surface area is 209 Å². The third-order valence-corrected chi connectivity index (χ3v) is 9.32. The summed E-state index contributed by atoms with van der Waals surface area (Å²) in [4.78, 5) is 26.6. The van der Waals surface area contributed by atoms with Gasteiger partial charge in [0.2, 0.25) is 9.84 Å². The fourth-order valence-corrected chi connectivity index (χ4v) is 6.48. The average molecular weight is 545 g/mol. The minimum atomic E-state index is -3.99. The minimum absolute atomic E-state index is 0.0225. The normalized spacial score (nSPS) is 11.6. The van der Waals surface area contributed by atoms with Gasteiger partial charge in [-0.15, -0.1) is 0 Å². The molecule has 1 heterocycles. The highest BCUT2D eigenvalue weighted by Crippen LogP contribution is 2.30. The summed E-state index contributed by atoms with van der Waals surface area (Å²) < 4.78 is 52.6. The maximum absolute atomic E-state index is 12.8. The van der Waals surface area contributed by atoms with E-state index in [1.807, 2.05) is 0 Å². The number of nitro groups is 1. The average Bonchev–Trinajstić information content (AvgIpc) is 3.34. The molecule has 0 unspecified atom stereocenters. The van der Waals surface area contributed by atoms with E-state index in [-0.39, 0.29) is 36.1 Å². The molecule has 4 rings (SSSR count). The van der Waals surface area contributed by atoms with Crippen molar-refractivity contribution in [3.63, 3.8) is 0 Å². The van der Waals surface area contributed by atoms with Gasteiger partial charge < -0.3 is 0 Å². The molecule has 36 heavy (non-hydrogen) atoms. The van der Waals surface area contributed by atoms with Crippen molar-refractivity contribution in [3.8, 4) is 0 Å². The molecule has 0 radical (unpaired) electrons. The topological polar surface area (TPSA) is 165 Å². The number of carbonyl (C=O) groups is 1. The largest absolute Gasteiger partial charge is 0.298 e. The first-order chi connectivity index (χ1) is 17.1. The van der Waals surface area contributed by atoms with Crippen LogP contribution in [0, 0.1) is 10.1 Å². The lowest BCUT2D eigenvalue weighted by molar-refractivity contribution is -0.384. The summed E-state index contributed by atoms with van der Waals surface area (Å²) in [6, 6.07) is 17.9. The van der Waals surface area contributed by atoms with Crippen molar-refractivity contribution in [3.05, 3.63) is 101 Å². The van der Waals surface area contributed by atoms with E-state index in [1.165, 1.54) is 36.4 Å². The number of thiazole rings is 1. The molecule has 0 spiro atoms. The van der Waals surface area contributed by atoms with E-state index in [2.05, 4.69) is 15.0 Å². The molecule has 2 N–H and O–H groups in total. The number of hydrogen-bond donors (Lipinski definition) is 2. The van der Waals surface area contributed by atoms with Crippen LogP contribution in [0.2, 0.25) is 0 Å². The predicted molar refractivity (Wildman–Crippen MR) is 132 cm³/mol.